The van der Waals surface area contributed by atoms with E-state index < -0.39 is 0 Å². The van der Waals surface area contributed by atoms with Crippen molar-refractivity contribution < 1.29 is 4.79 Å². The monoisotopic (exact) mass is 386 g/mol. The van der Waals surface area contributed by atoms with E-state index in [1.165, 1.54) is 23.1 Å². The number of hydrogen-bond acceptors (Lipinski definition) is 6. The van der Waals surface area contributed by atoms with Gasteiger partial charge in [-0.2, -0.15) is 0 Å². The molecule has 2 N–H and O–H groups in total. The number of rotatable bonds is 6. The highest BCUT2D eigenvalue weighted by Gasteiger charge is 2.17. The van der Waals surface area contributed by atoms with Gasteiger partial charge in [0.15, 0.2) is 4.34 Å². The SMILES string of the molecule is CCNc1nnc(S[C@H](C)C(=O)Nc2ccc(Br)cc2)s1. The van der Waals surface area contributed by atoms with Gasteiger partial charge in [-0.25, -0.2) is 0 Å². The first-order chi connectivity index (χ1) is 10.1. The number of halogens is 1. The Kier molecular flexibility index (Phi) is 6.01. The maximum Gasteiger partial charge on any atom is 0.237 e. The largest absolute Gasteiger partial charge is 0.360 e. The summed E-state index contributed by atoms with van der Waals surface area (Å²) >= 11 is 6.22. The normalized spacial score (nSPS) is 12.0. The van der Waals surface area contributed by atoms with Crippen molar-refractivity contribution in [3.8, 4) is 0 Å². The van der Waals surface area contributed by atoms with Crippen molar-refractivity contribution >= 4 is 55.8 Å². The Morgan fingerprint density at radius 1 is 1.38 bits per heavy atom. The molecule has 0 bridgehead atoms. The maximum atomic E-state index is 12.1. The molecule has 8 heteroatoms. The predicted octanol–water partition coefficient (Wildman–Crippen LogP) is 3.85. The third-order valence-corrected chi connectivity index (χ3v) is 5.09. The summed E-state index contributed by atoms with van der Waals surface area (Å²) in [6.45, 7) is 4.66. The fourth-order valence-electron chi connectivity index (χ4n) is 1.46. The number of thioether (sulfide) groups is 1. The molecule has 0 saturated carbocycles. The van der Waals surface area contributed by atoms with E-state index in [1.807, 2.05) is 38.1 Å². The van der Waals surface area contributed by atoms with Crippen molar-refractivity contribution in [1.29, 1.82) is 0 Å². The number of aromatic nitrogens is 2. The second kappa shape index (κ2) is 7.77. The van der Waals surface area contributed by atoms with Gasteiger partial charge in [0.1, 0.15) is 0 Å². The Morgan fingerprint density at radius 2 is 2.10 bits per heavy atom. The molecule has 21 heavy (non-hydrogen) atoms. The highest BCUT2D eigenvalue weighted by atomic mass is 79.9. The first-order valence-corrected chi connectivity index (χ1v) is 8.88. The van der Waals surface area contributed by atoms with Crippen LogP contribution in [0.2, 0.25) is 0 Å². The number of benzene rings is 1. The molecule has 1 heterocycles. The lowest BCUT2D eigenvalue weighted by Gasteiger charge is -2.10. The van der Waals surface area contributed by atoms with Crippen LogP contribution in [0.3, 0.4) is 0 Å². The average Bonchev–Trinajstić information content (AvgIpc) is 2.89. The second-order valence-electron chi connectivity index (χ2n) is 4.16. The maximum absolute atomic E-state index is 12.1. The number of carbonyl (C=O) groups excluding carboxylic acids is 1. The fraction of sp³-hybridized carbons (Fsp3) is 0.308. The lowest BCUT2D eigenvalue weighted by Crippen LogP contribution is -2.22. The standard InChI is InChI=1S/C13H15BrN4OS2/c1-3-15-12-17-18-13(21-12)20-8(2)11(19)16-10-6-4-9(14)5-7-10/h4-8H,3H2,1-2H3,(H,15,17)(H,16,19)/t8-/m1/s1. The third-order valence-electron chi connectivity index (χ3n) is 2.49. The molecule has 1 aromatic heterocycles. The lowest BCUT2D eigenvalue weighted by molar-refractivity contribution is -0.115. The van der Waals surface area contributed by atoms with Gasteiger partial charge in [0.2, 0.25) is 11.0 Å². The first-order valence-electron chi connectivity index (χ1n) is 6.39. The van der Waals surface area contributed by atoms with E-state index in [0.29, 0.717) is 0 Å². The number of carbonyl (C=O) groups is 1. The van der Waals surface area contributed by atoms with E-state index in [0.717, 1.165) is 26.2 Å². The summed E-state index contributed by atoms with van der Waals surface area (Å²) in [7, 11) is 0. The summed E-state index contributed by atoms with van der Waals surface area (Å²) in [5.41, 5.74) is 0.779. The van der Waals surface area contributed by atoms with E-state index in [2.05, 4.69) is 36.8 Å². The number of amides is 1. The van der Waals surface area contributed by atoms with Crippen LogP contribution >= 0.6 is 39.0 Å². The number of hydrogen-bond donors (Lipinski definition) is 2. The summed E-state index contributed by atoms with van der Waals surface area (Å²) in [6.07, 6.45) is 0. The second-order valence-corrected chi connectivity index (χ2v) is 7.64. The van der Waals surface area contributed by atoms with E-state index in [9.17, 15) is 4.79 Å². The molecule has 1 amide bonds. The molecule has 0 fully saturated rings. The van der Waals surface area contributed by atoms with Gasteiger partial charge in [-0.1, -0.05) is 39.0 Å². The Labute approximate surface area is 140 Å². The Morgan fingerprint density at radius 3 is 2.76 bits per heavy atom. The third kappa shape index (κ3) is 4.98. The minimum atomic E-state index is -0.240. The molecule has 0 unspecified atom stereocenters. The van der Waals surface area contributed by atoms with Gasteiger partial charge in [0.05, 0.1) is 5.25 Å². The molecular weight excluding hydrogens is 372 g/mol. The van der Waals surface area contributed by atoms with E-state index in [4.69, 9.17) is 0 Å². The smallest absolute Gasteiger partial charge is 0.237 e. The highest BCUT2D eigenvalue weighted by Crippen LogP contribution is 2.29. The summed E-state index contributed by atoms with van der Waals surface area (Å²) in [5.74, 6) is -0.0532. The van der Waals surface area contributed by atoms with Crippen LogP contribution in [0.25, 0.3) is 0 Å². The molecule has 2 aromatic rings. The summed E-state index contributed by atoms with van der Waals surface area (Å²) in [4.78, 5) is 12.1. The molecule has 1 aromatic carbocycles. The van der Waals surface area contributed by atoms with Crippen molar-refractivity contribution in [1.82, 2.24) is 10.2 Å². The molecular formula is C13H15BrN4OS2. The van der Waals surface area contributed by atoms with Crippen LogP contribution in [0.4, 0.5) is 10.8 Å². The Bertz CT molecular complexity index is 602. The van der Waals surface area contributed by atoms with Gasteiger partial charge in [-0.05, 0) is 38.1 Å². The van der Waals surface area contributed by atoms with Crippen LogP contribution in [0, 0.1) is 0 Å². The van der Waals surface area contributed by atoms with Crippen molar-refractivity contribution in [2.45, 2.75) is 23.4 Å². The van der Waals surface area contributed by atoms with Gasteiger partial charge in [0.25, 0.3) is 0 Å². The van der Waals surface area contributed by atoms with Crippen molar-refractivity contribution in [3.63, 3.8) is 0 Å². The summed E-state index contributed by atoms with van der Waals surface area (Å²) in [6, 6.07) is 7.49. The van der Waals surface area contributed by atoms with Crippen LogP contribution in [0.1, 0.15) is 13.8 Å². The topological polar surface area (TPSA) is 66.9 Å². The van der Waals surface area contributed by atoms with Crippen LogP contribution in [0.15, 0.2) is 33.1 Å². The zero-order valence-corrected chi connectivity index (χ0v) is 14.8. The molecule has 0 saturated heterocycles. The number of anilines is 2. The van der Waals surface area contributed by atoms with Gasteiger partial charge >= 0.3 is 0 Å². The zero-order chi connectivity index (χ0) is 15.2. The molecule has 1 atom stereocenters. The molecule has 0 aliphatic heterocycles. The van der Waals surface area contributed by atoms with Crippen LogP contribution in [-0.4, -0.2) is 27.9 Å². The van der Waals surface area contributed by atoms with E-state index in [-0.39, 0.29) is 11.2 Å². The molecule has 5 nitrogen and oxygen atoms in total. The van der Waals surface area contributed by atoms with Gasteiger partial charge in [0, 0.05) is 16.7 Å². The summed E-state index contributed by atoms with van der Waals surface area (Å²) in [5, 5.41) is 14.6. The van der Waals surface area contributed by atoms with Gasteiger partial charge < -0.3 is 10.6 Å². The van der Waals surface area contributed by atoms with Crippen molar-refractivity contribution in [3.05, 3.63) is 28.7 Å². The summed E-state index contributed by atoms with van der Waals surface area (Å²) < 4.78 is 1.76. The van der Waals surface area contributed by atoms with Crippen molar-refractivity contribution in [2.24, 2.45) is 0 Å². The number of nitrogens with zero attached hydrogens (tertiary/aromatic N) is 2. The molecule has 2 rings (SSSR count). The van der Waals surface area contributed by atoms with E-state index >= 15 is 0 Å². The average molecular weight is 387 g/mol. The van der Waals surface area contributed by atoms with E-state index in [1.54, 1.807) is 0 Å². The minimum Gasteiger partial charge on any atom is -0.360 e. The van der Waals surface area contributed by atoms with Crippen LogP contribution < -0.4 is 10.6 Å². The molecule has 0 spiro atoms. The zero-order valence-electron chi connectivity index (χ0n) is 11.6. The molecule has 0 aliphatic rings. The highest BCUT2D eigenvalue weighted by molar-refractivity contribution is 9.10. The molecule has 0 aliphatic carbocycles. The Balaban J connectivity index is 1.90. The van der Waals surface area contributed by atoms with Gasteiger partial charge in [-0.15, -0.1) is 10.2 Å². The molecule has 0 radical (unpaired) electrons. The number of nitrogens with one attached hydrogen (secondary N) is 2. The van der Waals surface area contributed by atoms with Gasteiger partial charge in [-0.3, -0.25) is 4.79 Å². The molecule has 112 valence electrons. The predicted molar refractivity (Wildman–Crippen MR) is 92.2 cm³/mol. The van der Waals surface area contributed by atoms with Crippen LogP contribution in [0.5, 0.6) is 0 Å². The van der Waals surface area contributed by atoms with Crippen molar-refractivity contribution in [2.75, 3.05) is 17.2 Å². The lowest BCUT2D eigenvalue weighted by atomic mass is 10.3. The first kappa shape index (κ1) is 16.3. The minimum absolute atomic E-state index is 0.0532. The quantitative estimate of drug-likeness (QED) is 0.737. The Hall–Kier alpha value is -1.12. The van der Waals surface area contributed by atoms with Crippen LogP contribution in [-0.2, 0) is 4.79 Å². The fourth-order valence-corrected chi connectivity index (χ4v) is 3.69.